The summed E-state index contributed by atoms with van der Waals surface area (Å²) in [6.45, 7) is 10.9. The minimum atomic E-state index is 0.775. The van der Waals surface area contributed by atoms with Crippen LogP contribution in [0.3, 0.4) is 0 Å². The average Bonchev–Trinajstić information content (AvgIpc) is 3.12. The summed E-state index contributed by atoms with van der Waals surface area (Å²) in [6, 6.07) is 0.775. The van der Waals surface area contributed by atoms with Crippen LogP contribution in [0.5, 0.6) is 0 Å². The predicted molar refractivity (Wildman–Crippen MR) is 88.0 cm³/mol. The van der Waals surface area contributed by atoms with Gasteiger partial charge in [-0.2, -0.15) is 0 Å². The summed E-state index contributed by atoms with van der Waals surface area (Å²) < 4.78 is 0. The van der Waals surface area contributed by atoms with Crippen LogP contribution < -0.4 is 5.32 Å². The van der Waals surface area contributed by atoms with Gasteiger partial charge < -0.3 is 10.2 Å². The van der Waals surface area contributed by atoms with E-state index in [0.29, 0.717) is 0 Å². The zero-order valence-electron chi connectivity index (χ0n) is 14.2. The molecule has 0 aromatic rings. The van der Waals surface area contributed by atoms with Crippen molar-refractivity contribution in [1.29, 1.82) is 0 Å². The molecule has 2 saturated carbocycles. The first kappa shape index (κ1) is 16.3. The first-order valence-corrected chi connectivity index (χ1v) is 9.05. The maximum absolute atomic E-state index is 3.82. The number of nitrogens with zero attached hydrogens (tertiary/aromatic N) is 1. The van der Waals surface area contributed by atoms with E-state index in [1.165, 1.54) is 58.2 Å². The monoisotopic (exact) mass is 280 g/mol. The smallest absolute Gasteiger partial charge is 0.0108 e. The van der Waals surface area contributed by atoms with E-state index >= 15 is 0 Å². The van der Waals surface area contributed by atoms with Gasteiger partial charge in [0.1, 0.15) is 0 Å². The van der Waals surface area contributed by atoms with Crippen LogP contribution in [0.15, 0.2) is 0 Å². The van der Waals surface area contributed by atoms with Gasteiger partial charge in [0.2, 0.25) is 0 Å². The van der Waals surface area contributed by atoms with Crippen molar-refractivity contribution in [3.05, 3.63) is 0 Å². The van der Waals surface area contributed by atoms with Gasteiger partial charge >= 0.3 is 0 Å². The Morgan fingerprint density at radius 1 is 1.05 bits per heavy atom. The number of hydrogen-bond acceptors (Lipinski definition) is 2. The molecule has 0 spiro atoms. The number of hydrogen-bond donors (Lipinski definition) is 1. The Bertz CT molecular complexity index is 279. The van der Waals surface area contributed by atoms with Crippen LogP contribution in [0, 0.1) is 23.7 Å². The number of nitrogens with one attached hydrogen (secondary N) is 1. The molecule has 0 amide bonds. The van der Waals surface area contributed by atoms with E-state index in [9.17, 15) is 0 Å². The standard InChI is InChI=1S/C18H36N2/c1-5-9-19-18-8-7-15(6-2)11-17(18)13-20(4)12-16-10-14(16)3/h14-19H,5-13H2,1-4H3. The van der Waals surface area contributed by atoms with Gasteiger partial charge in [-0.3, -0.25) is 0 Å². The first-order chi connectivity index (χ1) is 9.63. The van der Waals surface area contributed by atoms with Gasteiger partial charge in [-0.1, -0.05) is 27.2 Å². The third-order valence-electron chi connectivity index (χ3n) is 5.69. The average molecular weight is 280 g/mol. The molecule has 2 heteroatoms. The summed E-state index contributed by atoms with van der Waals surface area (Å²) in [4.78, 5) is 2.62. The molecule has 2 nitrogen and oxygen atoms in total. The topological polar surface area (TPSA) is 15.3 Å². The molecule has 2 fully saturated rings. The zero-order valence-corrected chi connectivity index (χ0v) is 14.2. The van der Waals surface area contributed by atoms with Gasteiger partial charge in [0, 0.05) is 19.1 Å². The second-order valence-electron chi connectivity index (χ2n) is 7.60. The lowest BCUT2D eigenvalue weighted by Crippen LogP contribution is -2.45. The second-order valence-corrected chi connectivity index (χ2v) is 7.60. The Kier molecular flexibility index (Phi) is 6.35. The van der Waals surface area contributed by atoms with Crippen LogP contribution in [-0.2, 0) is 0 Å². The molecule has 0 heterocycles. The Hall–Kier alpha value is -0.0800. The molecular weight excluding hydrogens is 244 g/mol. The van der Waals surface area contributed by atoms with E-state index in [-0.39, 0.29) is 0 Å². The van der Waals surface area contributed by atoms with Gasteiger partial charge in [-0.15, -0.1) is 0 Å². The lowest BCUT2D eigenvalue weighted by molar-refractivity contribution is 0.149. The lowest BCUT2D eigenvalue weighted by Gasteiger charge is -2.38. The fraction of sp³-hybridized carbons (Fsp3) is 1.00. The van der Waals surface area contributed by atoms with E-state index in [1.807, 2.05) is 0 Å². The molecule has 0 bridgehead atoms. The van der Waals surface area contributed by atoms with Gasteiger partial charge in [0.15, 0.2) is 0 Å². The molecule has 2 rings (SSSR count). The quantitative estimate of drug-likeness (QED) is 0.728. The molecule has 1 N–H and O–H groups in total. The molecule has 5 atom stereocenters. The molecule has 2 aliphatic rings. The van der Waals surface area contributed by atoms with E-state index in [4.69, 9.17) is 0 Å². The van der Waals surface area contributed by atoms with Crippen LogP contribution in [0.25, 0.3) is 0 Å². The Morgan fingerprint density at radius 2 is 1.75 bits per heavy atom. The highest BCUT2D eigenvalue weighted by Gasteiger charge is 2.35. The van der Waals surface area contributed by atoms with E-state index in [2.05, 4.69) is 38.0 Å². The normalized spacial score (nSPS) is 37.4. The molecule has 2 aliphatic carbocycles. The highest BCUT2D eigenvalue weighted by molar-refractivity contribution is 4.88. The Balaban J connectivity index is 1.81. The van der Waals surface area contributed by atoms with Crippen LogP contribution >= 0.6 is 0 Å². The summed E-state index contributed by atoms with van der Waals surface area (Å²) >= 11 is 0. The van der Waals surface area contributed by atoms with Crippen LogP contribution in [0.4, 0.5) is 0 Å². The molecule has 0 aromatic heterocycles. The minimum Gasteiger partial charge on any atom is -0.314 e. The van der Waals surface area contributed by atoms with Crippen molar-refractivity contribution in [2.24, 2.45) is 23.7 Å². The van der Waals surface area contributed by atoms with Crippen LogP contribution in [0.2, 0.25) is 0 Å². The highest BCUT2D eigenvalue weighted by Crippen LogP contribution is 2.38. The molecule has 5 unspecified atom stereocenters. The SMILES string of the molecule is CCCNC1CCC(CC)CC1CN(C)CC1CC1C. The van der Waals surface area contributed by atoms with Gasteiger partial charge in [-0.25, -0.2) is 0 Å². The van der Waals surface area contributed by atoms with Gasteiger partial charge in [0.05, 0.1) is 0 Å². The number of rotatable bonds is 8. The molecule has 0 aliphatic heterocycles. The summed E-state index contributed by atoms with van der Waals surface area (Å²) in [6.07, 6.45) is 8.39. The highest BCUT2D eigenvalue weighted by atomic mass is 15.1. The molecule has 0 radical (unpaired) electrons. The van der Waals surface area contributed by atoms with Gasteiger partial charge in [-0.05, 0) is 69.4 Å². The van der Waals surface area contributed by atoms with Crippen molar-refractivity contribution in [2.45, 2.75) is 65.3 Å². The van der Waals surface area contributed by atoms with Crippen LogP contribution in [0.1, 0.15) is 59.3 Å². The maximum atomic E-state index is 3.82. The summed E-state index contributed by atoms with van der Waals surface area (Å²) in [5.74, 6) is 3.83. The van der Waals surface area contributed by atoms with Gasteiger partial charge in [0.25, 0.3) is 0 Å². The van der Waals surface area contributed by atoms with Crippen molar-refractivity contribution < 1.29 is 0 Å². The molecule has 0 saturated heterocycles. The molecular formula is C18H36N2. The minimum absolute atomic E-state index is 0.775. The fourth-order valence-electron chi connectivity index (χ4n) is 4.06. The zero-order chi connectivity index (χ0) is 14.5. The fourth-order valence-corrected chi connectivity index (χ4v) is 4.06. The van der Waals surface area contributed by atoms with Crippen molar-refractivity contribution in [1.82, 2.24) is 10.2 Å². The Labute approximate surface area is 126 Å². The van der Waals surface area contributed by atoms with E-state index < -0.39 is 0 Å². The van der Waals surface area contributed by atoms with E-state index in [1.54, 1.807) is 0 Å². The summed E-state index contributed by atoms with van der Waals surface area (Å²) in [7, 11) is 2.34. The summed E-state index contributed by atoms with van der Waals surface area (Å²) in [5.41, 5.74) is 0. The van der Waals surface area contributed by atoms with Crippen molar-refractivity contribution in [3.63, 3.8) is 0 Å². The second kappa shape index (κ2) is 7.79. The molecule has 20 heavy (non-hydrogen) atoms. The van der Waals surface area contributed by atoms with Crippen molar-refractivity contribution >= 4 is 0 Å². The predicted octanol–water partition coefficient (Wildman–Crippen LogP) is 3.77. The Morgan fingerprint density at radius 3 is 2.35 bits per heavy atom. The molecule has 0 aromatic carbocycles. The molecule has 118 valence electrons. The third-order valence-corrected chi connectivity index (χ3v) is 5.69. The summed E-state index contributed by atoms with van der Waals surface area (Å²) in [5, 5.41) is 3.82. The first-order valence-electron chi connectivity index (χ1n) is 9.05. The largest absolute Gasteiger partial charge is 0.314 e. The van der Waals surface area contributed by atoms with Crippen LogP contribution in [-0.4, -0.2) is 37.6 Å². The van der Waals surface area contributed by atoms with Crippen molar-refractivity contribution in [3.8, 4) is 0 Å². The third kappa shape index (κ3) is 4.73. The van der Waals surface area contributed by atoms with E-state index in [0.717, 1.165) is 29.7 Å². The van der Waals surface area contributed by atoms with Crippen molar-refractivity contribution in [2.75, 3.05) is 26.7 Å². The maximum Gasteiger partial charge on any atom is 0.0108 e. The lowest BCUT2D eigenvalue weighted by atomic mass is 9.76.